The van der Waals surface area contributed by atoms with Crippen LogP contribution in [0.3, 0.4) is 0 Å². The Morgan fingerprint density at radius 1 is 1.43 bits per heavy atom. The predicted molar refractivity (Wildman–Crippen MR) is 80.6 cm³/mol. The first-order chi connectivity index (χ1) is 9.82. The van der Waals surface area contributed by atoms with E-state index in [4.69, 9.17) is 10.5 Å². The van der Waals surface area contributed by atoms with Crippen molar-refractivity contribution in [3.8, 4) is 0 Å². The molecule has 0 bridgehead atoms. The van der Waals surface area contributed by atoms with Crippen molar-refractivity contribution >= 4 is 22.7 Å². The lowest BCUT2D eigenvalue weighted by molar-refractivity contribution is -0.176. The lowest BCUT2D eigenvalue weighted by Gasteiger charge is -2.43. The van der Waals surface area contributed by atoms with E-state index in [0.29, 0.717) is 18.8 Å². The highest BCUT2D eigenvalue weighted by Crippen LogP contribution is 2.37. The zero-order chi connectivity index (χ0) is 15.3. The summed E-state index contributed by atoms with van der Waals surface area (Å²) in [6.45, 7) is 6.74. The highest BCUT2D eigenvalue weighted by atomic mass is 16.6. The lowest BCUT2D eigenvalue weighted by atomic mass is 9.87. The summed E-state index contributed by atoms with van der Waals surface area (Å²) in [7, 11) is 0. The quantitative estimate of drug-likeness (QED) is 0.729. The van der Waals surface area contributed by atoms with Crippen LogP contribution in [0.25, 0.3) is 11.0 Å². The molecule has 0 unspecified atom stereocenters. The maximum atomic E-state index is 12.3. The summed E-state index contributed by atoms with van der Waals surface area (Å²) in [5.74, 6) is -0.213. The lowest BCUT2D eigenvalue weighted by Crippen LogP contribution is -2.60. The summed E-state index contributed by atoms with van der Waals surface area (Å²) >= 11 is 0. The molecule has 2 aromatic rings. The molecule has 3 rings (SSSR count). The Kier molecular flexibility index (Phi) is 2.95. The summed E-state index contributed by atoms with van der Waals surface area (Å²) in [6.07, 6.45) is 3.46. The van der Waals surface area contributed by atoms with Crippen LogP contribution in [0.4, 0.5) is 5.69 Å². The molecule has 0 atom stereocenters. The number of ether oxygens (including phenoxy) is 1. The Bertz CT molecular complexity index is 695. The molecule has 0 aliphatic carbocycles. The molecule has 1 fully saturated rings. The van der Waals surface area contributed by atoms with Crippen molar-refractivity contribution in [2.24, 2.45) is 5.41 Å². The third kappa shape index (κ3) is 2.25. The van der Waals surface area contributed by atoms with Crippen LogP contribution in [-0.4, -0.2) is 29.0 Å². The van der Waals surface area contributed by atoms with Crippen molar-refractivity contribution in [3.63, 3.8) is 0 Å². The van der Waals surface area contributed by atoms with Crippen LogP contribution in [0, 0.1) is 5.41 Å². The number of carbonyl (C=O) groups is 1. The molecule has 0 spiro atoms. The van der Waals surface area contributed by atoms with E-state index >= 15 is 0 Å². The number of nitrogens with one attached hydrogen (secondary N) is 2. The second-order valence-electron chi connectivity index (χ2n) is 6.60. The molecular weight excluding hydrogens is 268 g/mol. The second-order valence-corrected chi connectivity index (χ2v) is 6.60. The summed E-state index contributed by atoms with van der Waals surface area (Å²) in [5, 5.41) is 4.08. The topological polar surface area (TPSA) is 93.0 Å². The zero-order valence-corrected chi connectivity index (χ0v) is 12.5. The minimum Gasteiger partial charge on any atom is -0.451 e. The molecule has 0 amide bonds. The predicted octanol–water partition coefficient (Wildman–Crippen LogP) is 1.53. The first kappa shape index (κ1) is 13.9. The van der Waals surface area contributed by atoms with Crippen molar-refractivity contribution < 1.29 is 9.53 Å². The molecule has 3 heterocycles. The number of rotatable bonds is 2. The van der Waals surface area contributed by atoms with Crippen molar-refractivity contribution in [1.29, 1.82) is 0 Å². The number of aromatic amines is 1. The fourth-order valence-electron chi connectivity index (χ4n) is 2.40. The van der Waals surface area contributed by atoms with Gasteiger partial charge in [0.15, 0.2) is 5.60 Å². The smallest absolute Gasteiger partial charge is 0.312 e. The molecule has 4 N–H and O–H groups in total. The number of aromatic nitrogens is 2. The monoisotopic (exact) mass is 288 g/mol. The van der Waals surface area contributed by atoms with Gasteiger partial charge in [-0.05, 0) is 26.8 Å². The number of pyridine rings is 1. The van der Waals surface area contributed by atoms with Gasteiger partial charge in [0.1, 0.15) is 5.65 Å². The number of esters is 1. The summed E-state index contributed by atoms with van der Waals surface area (Å²) in [5.41, 5.74) is 6.91. The van der Waals surface area contributed by atoms with Gasteiger partial charge < -0.3 is 20.8 Å². The van der Waals surface area contributed by atoms with Crippen LogP contribution in [0.5, 0.6) is 0 Å². The number of hydrogen-bond donors (Lipinski definition) is 3. The minimum absolute atomic E-state index is 0.213. The van der Waals surface area contributed by atoms with Crippen LogP contribution in [0.15, 0.2) is 18.5 Å². The Labute approximate surface area is 123 Å². The van der Waals surface area contributed by atoms with Crippen molar-refractivity contribution in [1.82, 2.24) is 15.3 Å². The van der Waals surface area contributed by atoms with E-state index in [9.17, 15) is 4.79 Å². The van der Waals surface area contributed by atoms with Crippen LogP contribution >= 0.6 is 0 Å². The van der Waals surface area contributed by atoms with E-state index in [-0.39, 0.29) is 5.97 Å². The van der Waals surface area contributed by atoms with Crippen molar-refractivity contribution in [2.45, 2.75) is 26.4 Å². The first-order valence-electron chi connectivity index (χ1n) is 6.99. The number of fused-ring (bicyclic) bond motifs is 1. The average Bonchev–Trinajstić information content (AvgIpc) is 2.75. The van der Waals surface area contributed by atoms with Gasteiger partial charge in [-0.25, -0.2) is 4.98 Å². The van der Waals surface area contributed by atoms with Gasteiger partial charge in [-0.2, -0.15) is 0 Å². The number of hydrogen-bond acceptors (Lipinski definition) is 5. The van der Waals surface area contributed by atoms with Crippen LogP contribution in [-0.2, 0) is 15.1 Å². The summed E-state index contributed by atoms with van der Waals surface area (Å²) in [6, 6.07) is 1.86. The summed E-state index contributed by atoms with van der Waals surface area (Å²) in [4.78, 5) is 19.6. The molecule has 0 radical (unpaired) electrons. The molecule has 1 saturated heterocycles. The zero-order valence-electron chi connectivity index (χ0n) is 12.5. The first-order valence-corrected chi connectivity index (χ1v) is 6.99. The highest BCUT2D eigenvalue weighted by molar-refractivity contribution is 5.84. The molecule has 1 aliphatic rings. The van der Waals surface area contributed by atoms with Crippen LogP contribution in [0.1, 0.15) is 26.3 Å². The molecule has 1 aliphatic heterocycles. The van der Waals surface area contributed by atoms with Crippen molar-refractivity contribution in [2.75, 3.05) is 18.8 Å². The van der Waals surface area contributed by atoms with Crippen molar-refractivity contribution in [3.05, 3.63) is 24.0 Å². The fourth-order valence-corrected chi connectivity index (χ4v) is 2.40. The Hall–Kier alpha value is -2.08. The minimum atomic E-state index is -0.641. The Morgan fingerprint density at radius 3 is 2.71 bits per heavy atom. The van der Waals surface area contributed by atoms with Gasteiger partial charge in [0.05, 0.1) is 17.3 Å². The number of H-pyrrole nitrogens is 1. The standard InChI is InChI=1S/C15H20N4O2/c1-14(2,3)13(20)21-15(7-17-8-15)11-6-19-12-10(11)4-9(16)5-18-12/h4-6,17H,7-8,16H2,1-3H3,(H,18,19). The molecule has 6 nitrogen and oxygen atoms in total. The highest BCUT2D eigenvalue weighted by Gasteiger charge is 2.46. The Morgan fingerprint density at radius 2 is 2.14 bits per heavy atom. The number of nitrogens with zero attached hydrogens (tertiary/aromatic N) is 1. The fraction of sp³-hybridized carbons (Fsp3) is 0.467. The largest absolute Gasteiger partial charge is 0.451 e. The third-order valence-corrected chi connectivity index (χ3v) is 3.76. The molecule has 0 aromatic carbocycles. The van der Waals surface area contributed by atoms with E-state index in [1.807, 2.05) is 33.0 Å². The van der Waals surface area contributed by atoms with Gasteiger partial charge in [0, 0.05) is 30.2 Å². The van der Waals surface area contributed by atoms with Gasteiger partial charge in [0.2, 0.25) is 0 Å². The van der Waals surface area contributed by atoms with E-state index in [1.165, 1.54) is 0 Å². The van der Waals surface area contributed by atoms with Crippen LogP contribution in [0.2, 0.25) is 0 Å². The molecule has 21 heavy (non-hydrogen) atoms. The number of carbonyl (C=O) groups excluding carboxylic acids is 1. The van der Waals surface area contributed by atoms with Gasteiger partial charge in [-0.3, -0.25) is 4.79 Å². The average molecular weight is 288 g/mol. The SMILES string of the molecule is CC(C)(C)C(=O)OC1(c2c[nH]c3ncc(N)cc23)CNC1. The van der Waals surface area contributed by atoms with E-state index in [2.05, 4.69) is 15.3 Å². The van der Waals surface area contributed by atoms with Gasteiger partial charge >= 0.3 is 5.97 Å². The van der Waals surface area contributed by atoms with Crippen LogP contribution < -0.4 is 11.1 Å². The molecule has 112 valence electrons. The number of anilines is 1. The third-order valence-electron chi connectivity index (χ3n) is 3.76. The van der Waals surface area contributed by atoms with Gasteiger partial charge in [0.25, 0.3) is 0 Å². The molecule has 2 aromatic heterocycles. The van der Waals surface area contributed by atoms with E-state index in [1.54, 1.807) is 6.20 Å². The van der Waals surface area contributed by atoms with E-state index < -0.39 is 11.0 Å². The summed E-state index contributed by atoms with van der Waals surface area (Å²) < 4.78 is 5.84. The molecule has 0 saturated carbocycles. The maximum absolute atomic E-state index is 12.3. The second kappa shape index (κ2) is 4.46. The number of nitrogen functional groups attached to an aromatic ring is 1. The molecule has 6 heteroatoms. The maximum Gasteiger partial charge on any atom is 0.312 e. The molecular formula is C15H20N4O2. The van der Waals surface area contributed by atoms with Gasteiger partial charge in [-0.15, -0.1) is 0 Å². The Balaban J connectivity index is 2.02. The van der Waals surface area contributed by atoms with Gasteiger partial charge in [-0.1, -0.05) is 0 Å². The van der Waals surface area contributed by atoms with E-state index in [0.717, 1.165) is 16.6 Å². The normalized spacial score (nSPS) is 17.5. The number of nitrogens with two attached hydrogens (primary N) is 1.